The van der Waals surface area contributed by atoms with E-state index in [0.29, 0.717) is 6.61 Å². The van der Waals surface area contributed by atoms with Crippen molar-refractivity contribution < 1.29 is 14.2 Å². The summed E-state index contributed by atoms with van der Waals surface area (Å²) in [7, 11) is 0. The number of hydrogen-bond donors (Lipinski definition) is 0. The summed E-state index contributed by atoms with van der Waals surface area (Å²) in [6.07, 6.45) is 9.77. The molecule has 0 aromatic heterocycles. The van der Waals surface area contributed by atoms with Crippen LogP contribution in [0.3, 0.4) is 0 Å². The number of benzene rings is 3. The Hall–Kier alpha value is -3.25. The Morgan fingerprint density at radius 1 is 0.949 bits per heavy atom. The summed E-state index contributed by atoms with van der Waals surface area (Å²) in [6.45, 7) is 7.21. The van der Waals surface area contributed by atoms with E-state index in [1.54, 1.807) is 6.08 Å². The molecule has 3 aromatic rings. The number of unbranched alkanes of at least 4 members (excludes halogenated alkanes) is 5. The highest BCUT2D eigenvalue weighted by Crippen LogP contribution is 2.48. The molecule has 2 aliphatic heterocycles. The van der Waals surface area contributed by atoms with Crippen LogP contribution in [0.4, 0.5) is 0 Å². The van der Waals surface area contributed by atoms with Crippen LogP contribution in [-0.4, -0.2) is 23.9 Å². The highest BCUT2D eigenvalue weighted by molar-refractivity contribution is 9.10. The summed E-state index contributed by atoms with van der Waals surface area (Å²) in [5.41, 5.74) is 4.32. The zero-order valence-electron chi connectivity index (χ0n) is 22.7. The first-order valence-electron chi connectivity index (χ1n) is 14.0. The number of rotatable bonds is 13. The minimum absolute atomic E-state index is 0.0894. The van der Waals surface area contributed by atoms with Crippen LogP contribution in [-0.2, 0) is 0 Å². The molecule has 204 valence electrons. The van der Waals surface area contributed by atoms with Gasteiger partial charge in [0.25, 0.3) is 0 Å². The third kappa shape index (κ3) is 6.67. The van der Waals surface area contributed by atoms with Crippen LogP contribution in [0.5, 0.6) is 17.2 Å². The highest BCUT2D eigenvalue weighted by Gasteiger charge is 2.41. The molecule has 0 aliphatic carbocycles. The monoisotopic (exact) mass is 588 g/mol. The molecule has 2 atom stereocenters. The van der Waals surface area contributed by atoms with Crippen molar-refractivity contribution in [2.45, 2.75) is 64.1 Å². The van der Waals surface area contributed by atoms with Gasteiger partial charge in [0, 0.05) is 22.0 Å². The van der Waals surface area contributed by atoms with E-state index >= 15 is 0 Å². The average Bonchev–Trinajstić information content (AvgIpc) is 3.42. The lowest BCUT2D eigenvalue weighted by atomic mass is 9.96. The average molecular weight is 590 g/mol. The molecule has 3 aromatic carbocycles. The van der Waals surface area contributed by atoms with E-state index < -0.39 is 0 Å². The van der Waals surface area contributed by atoms with Crippen LogP contribution in [0.15, 0.2) is 89.0 Å². The number of hydrogen-bond acceptors (Lipinski definition) is 5. The fourth-order valence-electron chi connectivity index (χ4n) is 5.15. The van der Waals surface area contributed by atoms with Gasteiger partial charge in [0.15, 0.2) is 0 Å². The van der Waals surface area contributed by atoms with Crippen LogP contribution in [0.1, 0.15) is 80.8 Å². The van der Waals surface area contributed by atoms with Gasteiger partial charge in [0.1, 0.15) is 23.9 Å². The minimum Gasteiger partial charge on any atom is -0.494 e. The van der Waals surface area contributed by atoms with Crippen molar-refractivity contribution in [2.75, 3.05) is 13.2 Å². The van der Waals surface area contributed by atoms with Crippen molar-refractivity contribution in [1.82, 2.24) is 5.01 Å². The van der Waals surface area contributed by atoms with E-state index in [1.807, 2.05) is 36.4 Å². The van der Waals surface area contributed by atoms with Gasteiger partial charge in [-0.1, -0.05) is 67.6 Å². The third-order valence-corrected chi connectivity index (χ3v) is 7.73. The van der Waals surface area contributed by atoms with Crippen LogP contribution in [0, 0.1) is 0 Å². The smallest absolute Gasteiger partial charge is 0.213 e. The fourth-order valence-corrected chi connectivity index (χ4v) is 5.53. The second-order valence-corrected chi connectivity index (χ2v) is 11.0. The van der Waals surface area contributed by atoms with E-state index in [4.69, 9.17) is 19.3 Å². The van der Waals surface area contributed by atoms with Gasteiger partial charge >= 0.3 is 0 Å². The van der Waals surface area contributed by atoms with Gasteiger partial charge in [-0.2, -0.15) is 5.10 Å². The summed E-state index contributed by atoms with van der Waals surface area (Å²) in [6, 6.07) is 22.7. The topological polar surface area (TPSA) is 43.3 Å². The molecule has 0 unspecified atom stereocenters. The normalized spacial score (nSPS) is 17.6. The van der Waals surface area contributed by atoms with Gasteiger partial charge in [0.2, 0.25) is 6.23 Å². The van der Waals surface area contributed by atoms with Gasteiger partial charge < -0.3 is 14.2 Å². The van der Waals surface area contributed by atoms with E-state index in [-0.39, 0.29) is 12.3 Å². The standard InChI is InChI=1S/C33H37BrN2O3/c1-3-5-6-7-8-9-21-38-28-17-12-25(13-18-28)33-36-31(29-22-26(34)14-19-32(29)39-33)23-30(35-36)24-10-15-27(16-11-24)37-20-4-2/h4,10-19,22,31,33H,2-3,5-9,20-21,23H2,1H3/t31-,33+/m1/s1. The lowest BCUT2D eigenvalue weighted by Gasteiger charge is -2.38. The van der Waals surface area contributed by atoms with Crippen molar-refractivity contribution in [3.8, 4) is 17.2 Å². The summed E-state index contributed by atoms with van der Waals surface area (Å²) < 4.78 is 19.3. The molecule has 0 saturated heterocycles. The van der Waals surface area contributed by atoms with Crippen molar-refractivity contribution in [3.63, 3.8) is 0 Å². The Morgan fingerprint density at radius 3 is 2.44 bits per heavy atom. The Balaban J connectivity index is 1.31. The molecule has 0 N–H and O–H groups in total. The minimum atomic E-state index is -0.316. The summed E-state index contributed by atoms with van der Waals surface area (Å²) in [5.74, 6) is 2.62. The molecule has 0 fully saturated rings. The van der Waals surface area contributed by atoms with E-state index in [1.165, 1.54) is 32.1 Å². The van der Waals surface area contributed by atoms with Gasteiger partial charge in [-0.05, 0) is 78.7 Å². The maximum atomic E-state index is 6.55. The largest absolute Gasteiger partial charge is 0.494 e. The Kier molecular flexibility index (Phi) is 9.25. The SMILES string of the molecule is C=CCOc1ccc(C2=NN3[C@H](C2)c2cc(Br)ccc2O[C@H]3c2ccc(OCCCCCCCC)cc2)cc1. The Bertz CT molecular complexity index is 1270. The molecule has 39 heavy (non-hydrogen) atoms. The van der Waals surface area contributed by atoms with Gasteiger partial charge in [-0.3, -0.25) is 0 Å². The molecule has 0 radical (unpaired) electrons. The Labute approximate surface area is 240 Å². The molecule has 0 spiro atoms. The maximum absolute atomic E-state index is 6.55. The summed E-state index contributed by atoms with van der Waals surface area (Å²) >= 11 is 3.64. The predicted molar refractivity (Wildman–Crippen MR) is 161 cm³/mol. The second kappa shape index (κ2) is 13.2. The molecular formula is C33H37BrN2O3. The van der Waals surface area contributed by atoms with Crippen LogP contribution < -0.4 is 14.2 Å². The van der Waals surface area contributed by atoms with Gasteiger partial charge in [-0.15, -0.1) is 0 Å². The first-order chi connectivity index (χ1) is 19.2. The van der Waals surface area contributed by atoms with Crippen molar-refractivity contribution >= 4 is 21.6 Å². The van der Waals surface area contributed by atoms with Crippen LogP contribution >= 0.6 is 15.9 Å². The lowest BCUT2D eigenvalue weighted by molar-refractivity contribution is -0.0191. The Morgan fingerprint density at radius 2 is 1.67 bits per heavy atom. The zero-order chi connectivity index (χ0) is 27.0. The molecule has 0 bridgehead atoms. The second-order valence-electron chi connectivity index (χ2n) is 10.1. The number of ether oxygens (including phenoxy) is 3. The van der Waals surface area contributed by atoms with Crippen molar-refractivity contribution in [1.29, 1.82) is 0 Å². The molecule has 0 amide bonds. The van der Waals surface area contributed by atoms with Crippen molar-refractivity contribution in [2.24, 2.45) is 5.10 Å². The quantitative estimate of drug-likeness (QED) is 0.147. The first-order valence-corrected chi connectivity index (χ1v) is 14.8. The molecule has 2 aliphatic rings. The molecule has 5 rings (SSSR count). The van der Waals surface area contributed by atoms with E-state index in [0.717, 1.165) is 63.6 Å². The lowest BCUT2D eigenvalue weighted by Crippen LogP contribution is -2.33. The first kappa shape index (κ1) is 27.3. The highest BCUT2D eigenvalue weighted by atomic mass is 79.9. The van der Waals surface area contributed by atoms with Crippen LogP contribution in [0.2, 0.25) is 0 Å². The van der Waals surface area contributed by atoms with E-state index in [9.17, 15) is 0 Å². The fraction of sp³-hybridized carbons (Fsp3) is 0.364. The van der Waals surface area contributed by atoms with Crippen LogP contribution in [0.25, 0.3) is 0 Å². The number of hydrazone groups is 1. The summed E-state index contributed by atoms with van der Waals surface area (Å²) in [5, 5.41) is 7.20. The molecule has 5 nitrogen and oxygen atoms in total. The maximum Gasteiger partial charge on any atom is 0.213 e. The molecule has 2 heterocycles. The zero-order valence-corrected chi connectivity index (χ0v) is 24.2. The van der Waals surface area contributed by atoms with Gasteiger partial charge in [-0.25, -0.2) is 5.01 Å². The molecule has 0 saturated carbocycles. The third-order valence-electron chi connectivity index (χ3n) is 7.24. The van der Waals surface area contributed by atoms with E-state index in [2.05, 4.69) is 64.8 Å². The van der Waals surface area contributed by atoms with Crippen molar-refractivity contribution in [3.05, 3.63) is 101 Å². The predicted octanol–water partition coefficient (Wildman–Crippen LogP) is 9.00. The number of nitrogens with zero attached hydrogens (tertiary/aromatic N) is 2. The number of fused-ring (bicyclic) bond motifs is 3. The molecular weight excluding hydrogens is 552 g/mol. The number of halogens is 1. The summed E-state index contributed by atoms with van der Waals surface area (Å²) in [4.78, 5) is 0. The van der Waals surface area contributed by atoms with Gasteiger partial charge in [0.05, 0.1) is 18.4 Å². The molecule has 6 heteroatoms.